The van der Waals surface area contributed by atoms with Crippen molar-refractivity contribution in [1.29, 1.82) is 0 Å². The molecule has 0 unspecified atom stereocenters. The summed E-state index contributed by atoms with van der Waals surface area (Å²) in [6, 6.07) is 6.53. The maximum absolute atomic E-state index is 6.41. The van der Waals surface area contributed by atoms with Crippen molar-refractivity contribution in [2.75, 3.05) is 59.7 Å². The topological polar surface area (TPSA) is 43.0 Å². The van der Waals surface area contributed by atoms with E-state index >= 15 is 0 Å². The average Bonchev–Trinajstić information content (AvgIpc) is 3.23. The lowest BCUT2D eigenvalue weighted by Gasteiger charge is -2.46. The van der Waals surface area contributed by atoms with Crippen molar-refractivity contribution in [2.24, 2.45) is 11.3 Å². The molecule has 0 saturated carbocycles. The Bertz CT molecular complexity index is 670. The summed E-state index contributed by atoms with van der Waals surface area (Å²) in [5.41, 5.74) is 3.05. The molecular weight excluding hydrogens is 399 g/mol. The van der Waals surface area contributed by atoms with Gasteiger partial charge in [0.1, 0.15) is 5.75 Å². The second-order valence-electron chi connectivity index (χ2n) is 8.60. The van der Waals surface area contributed by atoms with Gasteiger partial charge in [0, 0.05) is 44.1 Å². The first-order valence-corrected chi connectivity index (χ1v) is 10.1. The summed E-state index contributed by atoms with van der Waals surface area (Å²) in [7, 11) is 1.74. The molecule has 4 heterocycles. The van der Waals surface area contributed by atoms with E-state index in [0.29, 0.717) is 11.3 Å². The smallest absolute Gasteiger partial charge is 0.119 e. The fourth-order valence-electron chi connectivity index (χ4n) is 5.61. The Balaban J connectivity index is 0.00000112. The number of hydrogen-bond donors (Lipinski definition) is 1. The molecule has 1 aromatic rings. The zero-order chi connectivity index (χ0) is 17.6. The highest BCUT2D eigenvalue weighted by molar-refractivity contribution is 5.85. The van der Waals surface area contributed by atoms with Gasteiger partial charge in [0.05, 0.1) is 32.5 Å². The van der Waals surface area contributed by atoms with E-state index in [4.69, 9.17) is 14.2 Å². The zero-order valence-corrected chi connectivity index (χ0v) is 18.2. The summed E-state index contributed by atoms with van der Waals surface area (Å²) >= 11 is 0. The summed E-state index contributed by atoms with van der Waals surface area (Å²) in [5.74, 6) is 1.65. The largest absolute Gasteiger partial charge is 0.497 e. The Hall–Kier alpha value is -0.560. The van der Waals surface area contributed by atoms with E-state index in [0.717, 1.165) is 77.6 Å². The van der Waals surface area contributed by atoms with Gasteiger partial charge < -0.3 is 24.4 Å². The molecule has 28 heavy (non-hydrogen) atoms. The molecule has 3 fully saturated rings. The second-order valence-corrected chi connectivity index (χ2v) is 8.60. The van der Waals surface area contributed by atoms with Crippen molar-refractivity contribution in [1.82, 2.24) is 10.2 Å². The van der Waals surface area contributed by atoms with E-state index in [9.17, 15) is 0 Å². The number of halogens is 2. The predicted octanol–water partition coefficient (Wildman–Crippen LogP) is 2.64. The third kappa shape index (κ3) is 3.66. The van der Waals surface area contributed by atoms with Gasteiger partial charge in [-0.3, -0.25) is 0 Å². The molecular formula is C21H32Cl2N2O3. The van der Waals surface area contributed by atoms with E-state index in [1.807, 2.05) is 0 Å². The Morgan fingerprint density at radius 1 is 1.25 bits per heavy atom. The molecule has 5 nitrogen and oxygen atoms in total. The molecule has 7 heteroatoms. The quantitative estimate of drug-likeness (QED) is 0.797. The lowest BCUT2D eigenvalue weighted by molar-refractivity contribution is -0.102. The van der Waals surface area contributed by atoms with Gasteiger partial charge in [0.25, 0.3) is 0 Å². The van der Waals surface area contributed by atoms with Crippen molar-refractivity contribution in [3.05, 3.63) is 29.3 Å². The van der Waals surface area contributed by atoms with Crippen molar-refractivity contribution < 1.29 is 14.2 Å². The van der Waals surface area contributed by atoms with Gasteiger partial charge in [-0.15, -0.1) is 24.8 Å². The Morgan fingerprint density at radius 3 is 2.86 bits per heavy atom. The first-order chi connectivity index (χ1) is 12.7. The van der Waals surface area contributed by atoms with Gasteiger partial charge >= 0.3 is 0 Å². The Labute approximate surface area is 180 Å². The molecule has 1 aromatic carbocycles. The number of piperidine rings is 1. The van der Waals surface area contributed by atoms with Crippen LogP contribution in [0.4, 0.5) is 0 Å². The van der Waals surface area contributed by atoms with Gasteiger partial charge in [-0.05, 0) is 42.5 Å². The van der Waals surface area contributed by atoms with E-state index in [2.05, 4.69) is 28.4 Å². The molecule has 0 amide bonds. The SMILES string of the molecule is COc1ccc2c(c1)CCOC21CCN(C[C@]23CNC[C@H]2COC3)CC1.Cl.Cl. The summed E-state index contributed by atoms with van der Waals surface area (Å²) in [6.07, 6.45) is 3.16. The summed E-state index contributed by atoms with van der Waals surface area (Å²) < 4.78 is 17.7. The van der Waals surface area contributed by atoms with Crippen LogP contribution in [0, 0.1) is 11.3 Å². The third-order valence-electron chi connectivity index (χ3n) is 7.20. The van der Waals surface area contributed by atoms with Gasteiger partial charge in [-0.1, -0.05) is 6.07 Å². The number of nitrogens with zero attached hydrogens (tertiary/aromatic N) is 1. The number of ether oxygens (including phenoxy) is 3. The van der Waals surface area contributed by atoms with Gasteiger partial charge in [0.2, 0.25) is 0 Å². The maximum Gasteiger partial charge on any atom is 0.119 e. The summed E-state index contributed by atoms with van der Waals surface area (Å²) in [5, 5.41) is 3.59. The molecule has 158 valence electrons. The minimum atomic E-state index is -0.0898. The molecule has 1 N–H and O–H groups in total. The van der Waals surface area contributed by atoms with E-state index < -0.39 is 0 Å². The van der Waals surface area contributed by atoms with Crippen LogP contribution in [0.2, 0.25) is 0 Å². The molecule has 2 atom stereocenters. The Kier molecular flexibility index (Phi) is 6.85. The highest BCUT2D eigenvalue weighted by atomic mass is 35.5. The van der Waals surface area contributed by atoms with Crippen LogP contribution in [0.25, 0.3) is 0 Å². The van der Waals surface area contributed by atoms with Crippen LogP contribution in [0.1, 0.15) is 24.0 Å². The lowest BCUT2D eigenvalue weighted by Crippen LogP contribution is -2.51. The second kappa shape index (κ2) is 8.66. The number of fused-ring (bicyclic) bond motifs is 3. The molecule has 3 saturated heterocycles. The number of hydrogen-bond acceptors (Lipinski definition) is 5. The van der Waals surface area contributed by atoms with E-state index in [1.165, 1.54) is 11.1 Å². The highest BCUT2D eigenvalue weighted by Crippen LogP contribution is 2.44. The van der Waals surface area contributed by atoms with Crippen molar-refractivity contribution >= 4 is 24.8 Å². The van der Waals surface area contributed by atoms with E-state index in [-0.39, 0.29) is 30.4 Å². The minimum Gasteiger partial charge on any atom is -0.497 e. The fourth-order valence-corrected chi connectivity index (χ4v) is 5.61. The van der Waals surface area contributed by atoms with Crippen LogP contribution in [0.5, 0.6) is 5.75 Å². The van der Waals surface area contributed by atoms with E-state index in [1.54, 1.807) is 7.11 Å². The van der Waals surface area contributed by atoms with Crippen molar-refractivity contribution in [3.8, 4) is 5.75 Å². The normalized spacial score (nSPS) is 30.8. The number of nitrogens with one attached hydrogen (secondary N) is 1. The number of rotatable bonds is 3. The molecule has 4 aliphatic heterocycles. The third-order valence-corrected chi connectivity index (χ3v) is 7.20. The van der Waals surface area contributed by atoms with Crippen molar-refractivity contribution in [2.45, 2.75) is 24.9 Å². The zero-order valence-electron chi connectivity index (χ0n) is 16.6. The van der Waals surface area contributed by atoms with Crippen LogP contribution in [-0.2, 0) is 21.5 Å². The number of likely N-dealkylation sites (tertiary alicyclic amines) is 1. The predicted molar refractivity (Wildman–Crippen MR) is 114 cm³/mol. The van der Waals surface area contributed by atoms with Gasteiger partial charge in [-0.2, -0.15) is 0 Å². The molecule has 4 aliphatic rings. The molecule has 0 aliphatic carbocycles. The van der Waals surface area contributed by atoms with Crippen LogP contribution >= 0.6 is 24.8 Å². The first-order valence-electron chi connectivity index (χ1n) is 10.1. The molecule has 0 aromatic heterocycles. The molecule has 0 radical (unpaired) electrons. The van der Waals surface area contributed by atoms with Crippen molar-refractivity contribution in [3.63, 3.8) is 0 Å². The van der Waals surface area contributed by atoms with Crippen LogP contribution in [-0.4, -0.2) is 64.6 Å². The van der Waals surface area contributed by atoms with Crippen LogP contribution < -0.4 is 10.1 Å². The Morgan fingerprint density at radius 2 is 2.07 bits per heavy atom. The fraction of sp³-hybridized carbons (Fsp3) is 0.714. The molecule has 0 bridgehead atoms. The van der Waals surface area contributed by atoms with Gasteiger partial charge in [0.15, 0.2) is 0 Å². The first kappa shape index (κ1) is 22.1. The van der Waals surface area contributed by atoms with Gasteiger partial charge in [-0.25, -0.2) is 0 Å². The lowest BCUT2D eigenvalue weighted by atomic mass is 9.77. The van der Waals surface area contributed by atoms with Crippen LogP contribution in [0.15, 0.2) is 18.2 Å². The van der Waals surface area contributed by atoms with Crippen LogP contribution in [0.3, 0.4) is 0 Å². The maximum atomic E-state index is 6.41. The number of methoxy groups -OCH3 is 1. The minimum absolute atomic E-state index is 0. The molecule has 1 spiro atoms. The summed E-state index contributed by atoms with van der Waals surface area (Å²) in [4.78, 5) is 2.65. The monoisotopic (exact) mass is 430 g/mol. The standard InChI is InChI=1S/C21H30N2O3.2ClH/c1-24-18-2-3-19-16(10-18)4-9-26-21(19)5-7-23(8-6-21)14-20-13-22-11-17(20)12-25-15-20;;/h2-3,10,17,22H,4-9,11-15H2,1H3;2*1H/t17-,20-;;/m0../s1. The average molecular weight is 431 g/mol. The molecule has 5 rings (SSSR count). The number of benzene rings is 1. The summed E-state index contributed by atoms with van der Waals surface area (Å²) in [6.45, 7) is 8.29. The highest BCUT2D eigenvalue weighted by Gasteiger charge is 2.49.